The molecule has 2 aromatic rings. The molecule has 0 bridgehead atoms. The topological polar surface area (TPSA) is 68.0 Å². The highest BCUT2D eigenvalue weighted by molar-refractivity contribution is 9.10. The molecule has 0 fully saturated rings. The Morgan fingerprint density at radius 3 is 3.00 bits per heavy atom. The van der Waals surface area contributed by atoms with Gasteiger partial charge in [0, 0.05) is 13.2 Å². The number of halogens is 1. The fourth-order valence-corrected chi connectivity index (χ4v) is 1.66. The normalized spacial score (nSPS) is 10.7. The molecule has 0 spiro atoms. The SMILES string of the molecule is Cn1c(Br)nc2ccnc(C(=O)O)c21. The summed E-state index contributed by atoms with van der Waals surface area (Å²) in [5.41, 5.74) is 1.15. The summed E-state index contributed by atoms with van der Waals surface area (Å²) in [5.74, 6) is -1.05. The van der Waals surface area contributed by atoms with Gasteiger partial charge in [-0.3, -0.25) is 0 Å². The van der Waals surface area contributed by atoms with E-state index in [9.17, 15) is 4.79 Å². The van der Waals surface area contributed by atoms with E-state index < -0.39 is 5.97 Å². The van der Waals surface area contributed by atoms with Crippen LogP contribution in [0.15, 0.2) is 17.0 Å². The van der Waals surface area contributed by atoms with E-state index in [0.717, 1.165) is 0 Å². The minimum Gasteiger partial charge on any atom is -0.476 e. The molecule has 0 radical (unpaired) electrons. The van der Waals surface area contributed by atoms with Gasteiger partial charge in [-0.2, -0.15) is 0 Å². The smallest absolute Gasteiger partial charge is 0.356 e. The molecule has 0 atom stereocenters. The lowest BCUT2D eigenvalue weighted by atomic mass is 10.3. The van der Waals surface area contributed by atoms with Gasteiger partial charge in [0.25, 0.3) is 0 Å². The number of nitrogens with zero attached hydrogens (tertiary/aromatic N) is 3. The zero-order valence-corrected chi connectivity index (χ0v) is 8.82. The predicted octanol–water partition coefficient (Wildman–Crippen LogP) is 1.43. The molecular weight excluding hydrogens is 250 g/mol. The van der Waals surface area contributed by atoms with Crippen LogP contribution in [0.4, 0.5) is 0 Å². The zero-order chi connectivity index (χ0) is 10.3. The van der Waals surface area contributed by atoms with Gasteiger partial charge in [-0.15, -0.1) is 0 Å². The Hall–Kier alpha value is -1.43. The number of aryl methyl sites for hydroxylation is 1. The number of rotatable bonds is 1. The molecule has 5 nitrogen and oxygen atoms in total. The van der Waals surface area contributed by atoms with E-state index >= 15 is 0 Å². The monoisotopic (exact) mass is 255 g/mol. The quantitative estimate of drug-likeness (QED) is 0.837. The van der Waals surface area contributed by atoms with Crippen LogP contribution in [0.1, 0.15) is 10.5 Å². The molecule has 0 saturated carbocycles. The molecule has 2 rings (SSSR count). The number of fused-ring (bicyclic) bond motifs is 1. The van der Waals surface area contributed by atoms with Crippen molar-refractivity contribution in [3.8, 4) is 0 Å². The molecule has 6 heteroatoms. The molecule has 0 aliphatic heterocycles. The number of pyridine rings is 1. The summed E-state index contributed by atoms with van der Waals surface area (Å²) in [6.07, 6.45) is 1.44. The first-order valence-electron chi connectivity index (χ1n) is 3.81. The molecule has 0 unspecified atom stereocenters. The van der Waals surface area contributed by atoms with Crippen molar-refractivity contribution in [1.82, 2.24) is 14.5 Å². The molecule has 0 amide bonds. The van der Waals surface area contributed by atoms with Crippen LogP contribution in [-0.4, -0.2) is 25.6 Å². The lowest BCUT2D eigenvalue weighted by Gasteiger charge is -1.98. The Bertz CT molecular complexity index is 521. The van der Waals surface area contributed by atoms with Crippen molar-refractivity contribution in [2.45, 2.75) is 0 Å². The van der Waals surface area contributed by atoms with Crippen LogP contribution >= 0.6 is 15.9 Å². The minimum absolute atomic E-state index is 0.0169. The molecule has 0 aliphatic carbocycles. The summed E-state index contributed by atoms with van der Waals surface area (Å²) in [6.45, 7) is 0. The summed E-state index contributed by atoms with van der Waals surface area (Å²) >= 11 is 3.22. The van der Waals surface area contributed by atoms with Gasteiger partial charge in [0.2, 0.25) is 0 Å². The number of imidazole rings is 1. The molecule has 0 aromatic carbocycles. The van der Waals surface area contributed by atoms with Gasteiger partial charge in [0.1, 0.15) is 5.52 Å². The second kappa shape index (κ2) is 3.06. The summed E-state index contributed by atoms with van der Waals surface area (Å²) < 4.78 is 2.23. The first-order valence-corrected chi connectivity index (χ1v) is 4.61. The van der Waals surface area contributed by atoms with Gasteiger partial charge in [-0.25, -0.2) is 14.8 Å². The van der Waals surface area contributed by atoms with E-state index in [4.69, 9.17) is 5.11 Å². The van der Waals surface area contributed by atoms with E-state index in [-0.39, 0.29) is 5.69 Å². The van der Waals surface area contributed by atoms with Crippen LogP contribution in [0.25, 0.3) is 11.0 Å². The summed E-state index contributed by atoms with van der Waals surface area (Å²) in [5, 5.41) is 8.90. The van der Waals surface area contributed by atoms with Crippen molar-refractivity contribution in [3.63, 3.8) is 0 Å². The number of carboxylic acids is 1. The average Bonchev–Trinajstić information content (AvgIpc) is 2.43. The van der Waals surface area contributed by atoms with Gasteiger partial charge in [0.15, 0.2) is 10.4 Å². The van der Waals surface area contributed by atoms with Crippen molar-refractivity contribution in [2.24, 2.45) is 7.05 Å². The molecule has 72 valence electrons. The van der Waals surface area contributed by atoms with Crippen LogP contribution in [-0.2, 0) is 7.05 Å². The predicted molar refractivity (Wildman–Crippen MR) is 53.2 cm³/mol. The van der Waals surface area contributed by atoms with E-state index in [2.05, 4.69) is 25.9 Å². The van der Waals surface area contributed by atoms with Crippen molar-refractivity contribution >= 4 is 32.9 Å². The highest BCUT2D eigenvalue weighted by Crippen LogP contribution is 2.20. The molecule has 0 saturated heterocycles. The third-order valence-electron chi connectivity index (χ3n) is 1.93. The van der Waals surface area contributed by atoms with Crippen molar-refractivity contribution in [1.29, 1.82) is 0 Å². The average molecular weight is 256 g/mol. The first-order chi connectivity index (χ1) is 6.61. The molecule has 1 N–H and O–H groups in total. The number of hydrogen-bond donors (Lipinski definition) is 1. The van der Waals surface area contributed by atoms with Crippen molar-refractivity contribution < 1.29 is 9.90 Å². The van der Waals surface area contributed by atoms with Crippen LogP contribution in [0.2, 0.25) is 0 Å². The van der Waals surface area contributed by atoms with E-state index in [0.29, 0.717) is 15.8 Å². The highest BCUT2D eigenvalue weighted by Gasteiger charge is 2.15. The third kappa shape index (κ3) is 1.19. The highest BCUT2D eigenvalue weighted by atomic mass is 79.9. The van der Waals surface area contributed by atoms with Crippen LogP contribution in [0.5, 0.6) is 0 Å². The lowest BCUT2D eigenvalue weighted by Crippen LogP contribution is -2.03. The lowest BCUT2D eigenvalue weighted by molar-refractivity contribution is 0.0692. The van der Waals surface area contributed by atoms with E-state index in [1.165, 1.54) is 6.20 Å². The number of aromatic carboxylic acids is 1. The number of hydrogen-bond acceptors (Lipinski definition) is 3. The van der Waals surface area contributed by atoms with Gasteiger partial charge in [-0.1, -0.05) is 0 Å². The Morgan fingerprint density at radius 1 is 1.64 bits per heavy atom. The number of carbonyl (C=O) groups is 1. The Balaban J connectivity index is 2.91. The van der Waals surface area contributed by atoms with Gasteiger partial charge in [0.05, 0.1) is 5.52 Å². The molecule has 0 aliphatic rings. The Labute approximate surface area is 87.5 Å². The third-order valence-corrected chi connectivity index (χ3v) is 2.64. The Morgan fingerprint density at radius 2 is 2.36 bits per heavy atom. The molecule has 14 heavy (non-hydrogen) atoms. The number of aromatic nitrogens is 3. The second-order valence-corrected chi connectivity index (χ2v) is 3.48. The molecule has 2 heterocycles. The van der Waals surface area contributed by atoms with E-state index in [1.807, 2.05) is 0 Å². The van der Waals surface area contributed by atoms with E-state index in [1.54, 1.807) is 17.7 Å². The molecular formula is C8H6BrN3O2. The number of carboxylic acid groups (broad SMARTS) is 1. The fraction of sp³-hybridized carbons (Fsp3) is 0.125. The Kier molecular flexibility index (Phi) is 1.99. The van der Waals surface area contributed by atoms with Crippen molar-refractivity contribution in [2.75, 3.05) is 0 Å². The van der Waals surface area contributed by atoms with Gasteiger partial charge >= 0.3 is 5.97 Å². The summed E-state index contributed by atoms with van der Waals surface area (Å²) in [4.78, 5) is 18.8. The fourth-order valence-electron chi connectivity index (χ4n) is 1.29. The summed E-state index contributed by atoms with van der Waals surface area (Å²) in [7, 11) is 1.73. The maximum absolute atomic E-state index is 10.9. The standard InChI is InChI=1S/C8H6BrN3O2/c1-12-6-4(11-8(12)9)2-3-10-5(6)7(13)14/h2-3H,1H3,(H,13,14). The molecule has 2 aromatic heterocycles. The van der Waals surface area contributed by atoms with Crippen LogP contribution in [0.3, 0.4) is 0 Å². The van der Waals surface area contributed by atoms with Crippen LogP contribution < -0.4 is 0 Å². The maximum atomic E-state index is 10.9. The second-order valence-electron chi connectivity index (χ2n) is 2.77. The van der Waals surface area contributed by atoms with Gasteiger partial charge < -0.3 is 9.67 Å². The maximum Gasteiger partial charge on any atom is 0.356 e. The first kappa shape index (κ1) is 9.14. The van der Waals surface area contributed by atoms with Crippen LogP contribution in [0, 0.1) is 0 Å². The zero-order valence-electron chi connectivity index (χ0n) is 7.23. The summed E-state index contributed by atoms with van der Waals surface area (Å²) in [6, 6.07) is 1.67. The minimum atomic E-state index is -1.05. The van der Waals surface area contributed by atoms with Crippen molar-refractivity contribution in [3.05, 3.63) is 22.7 Å². The largest absolute Gasteiger partial charge is 0.476 e. The van der Waals surface area contributed by atoms with Gasteiger partial charge in [-0.05, 0) is 22.0 Å².